The lowest BCUT2D eigenvalue weighted by molar-refractivity contribution is 0.608. The standard InChI is InChI=1S/C18H21N/c1-15(13-17-9-5-3-6-10-17)14-19-16(2)18-11-7-4-8-12-18/h3-13,16,19H,14H2,1-2H3/b15-13+/t16-/m0/s1. The van der Waals surface area contributed by atoms with Gasteiger partial charge in [-0.1, -0.05) is 72.3 Å². The van der Waals surface area contributed by atoms with Crippen LogP contribution in [0, 0.1) is 0 Å². The summed E-state index contributed by atoms with van der Waals surface area (Å²) in [5, 5.41) is 3.55. The van der Waals surface area contributed by atoms with E-state index in [-0.39, 0.29) is 0 Å². The van der Waals surface area contributed by atoms with E-state index in [0.717, 1.165) is 6.54 Å². The average molecular weight is 251 g/mol. The molecule has 0 bridgehead atoms. The molecule has 1 N–H and O–H groups in total. The second-order valence-corrected chi connectivity index (χ2v) is 4.91. The van der Waals surface area contributed by atoms with E-state index in [1.165, 1.54) is 16.7 Å². The Labute approximate surface area is 116 Å². The van der Waals surface area contributed by atoms with Gasteiger partial charge in [0.2, 0.25) is 0 Å². The van der Waals surface area contributed by atoms with Gasteiger partial charge in [0.25, 0.3) is 0 Å². The highest BCUT2D eigenvalue weighted by Crippen LogP contribution is 2.12. The molecule has 0 spiro atoms. The summed E-state index contributed by atoms with van der Waals surface area (Å²) in [7, 11) is 0. The van der Waals surface area contributed by atoms with Crippen molar-refractivity contribution < 1.29 is 0 Å². The molecule has 0 aliphatic carbocycles. The van der Waals surface area contributed by atoms with Gasteiger partial charge in [-0.15, -0.1) is 0 Å². The van der Waals surface area contributed by atoms with Crippen LogP contribution >= 0.6 is 0 Å². The highest BCUT2D eigenvalue weighted by molar-refractivity contribution is 5.52. The van der Waals surface area contributed by atoms with Crippen LogP contribution in [0.3, 0.4) is 0 Å². The zero-order chi connectivity index (χ0) is 13.5. The number of hydrogen-bond donors (Lipinski definition) is 1. The molecule has 2 rings (SSSR count). The molecular formula is C18H21N. The first-order chi connectivity index (χ1) is 9.25. The van der Waals surface area contributed by atoms with Crippen molar-refractivity contribution in [2.75, 3.05) is 6.54 Å². The van der Waals surface area contributed by atoms with E-state index in [2.05, 4.69) is 79.8 Å². The predicted octanol–water partition coefficient (Wildman–Crippen LogP) is 4.44. The summed E-state index contributed by atoms with van der Waals surface area (Å²) in [4.78, 5) is 0. The first kappa shape index (κ1) is 13.6. The van der Waals surface area contributed by atoms with Crippen LogP contribution in [0.5, 0.6) is 0 Å². The molecule has 0 amide bonds. The van der Waals surface area contributed by atoms with Gasteiger partial charge in [0, 0.05) is 12.6 Å². The Bertz CT molecular complexity index is 514. The molecule has 1 nitrogen and oxygen atoms in total. The second-order valence-electron chi connectivity index (χ2n) is 4.91. The number of nitrogens with one attached hydrogen (secondary N) is 1. The molecule has 0 aromatic heterocycles. The maximum atomic E-state index is 3.55. The Morgan fingerprint density at radius 2 is 1.58 bits per heavy atom. The molecule has 98 valence electrons. The van der Waals surface area contributed by atoms with Crippen LogP contribution < -0.4 is 5.32 Å². The van der Waals surface area contributed by atoms with Gasteiger partial charge in [-0.2, -0.15) is 0 Å². The Morgan fingerprint density at radius 3 is 2.21 bits per heavy atom. The molecule has 0 saturated carbocycles. The summed E-state index contributed by atoms with van der Waals surface area (Å²) in [6.45, 7) is 5.27. The minimum absolute atomic E-state index is 0.375. The average Bonchev–Trinajstić information content (AvgIpc) is 2.47. The zero-order valence-corrected chi connectivity index (χ0v) is 11.6. The molecule has 0 saturated heterocycles. The summed E-state index contributed by atoms with van der Waals surface area (Å²) < 4.78 is 0. The highest BCUT2D eigenvalue weighted by Gasteiger charge is 2.03. The van der Waals surface area contributed by atoms with E-state index >= 15 is 0 Å². The van der Waals surface area contributed by atoms with E-state index in [0.29, 0.717) is 6.04 Å². The number of benzene rings is 2. The SMILES string of the molecule is C/C(=C\c1ccccc1)CN[C@@H](C)c1ccccc1. The van der Waals surface area contributed by atoms with Crippen molar-refractivity contribution in [2.45, 2.75) is 19.9 Å². The van der Waals surface area contributed by atoms with E-state index in [1.807, 2.05) is 6.07 Å². The van der Waals surface area contributed by atoms with E-state index in [9.17, 15) is 0 Å². The monoisotopic (exact) mass is 251 g/mol. The minimum atomic E-state index is 0.375. The lowest BCUT2D eigenvalue weighted by atomic mass is 10.1. The molecular weight excluding hydrogens is 230 g/mol. The van der Waals surface area contributed by atoms with Crippen molar-refractivity contribution in [1.82, 2.24) is 5.32 Å². The minimum Gasteiger partial charge on any atom is -0.306 e. The Hall–Kier alpha value is -1.86. The highest BCUT2D eigenvalue weighted by atomic mass is 14.9. The van der Waals surface area contributed by atoms with Crippen LogP contribution in [0.4, 0.5) is 0 Å². The first-order valence-corrected chi connectivity index (χ1v) is 6.76. The predicted molar refractivity (Wildman–Crippen MR) is 83.0 cm³/mol. The summed E-state index contributed by atoms with van der Waals surface area (Å²) in [5.74, 6) is 0. The summed E-state index contributed by atoms with van der Waals surface area (Å²) >= 11 is 0. The van der Waals surface area contributed by atoms with Crippen LogP contribution in [0.25, 0.3) is 6.08 Å². The second kappa shape index (κ2) is 6.91. The third-order valence-electron chi connectivity index (χ3n) is 3.20. The van der Waals surface area contributed by atoms with E-state index < -0.39 is 0 Å². The normalized spacial score (nSPS) is 13.3. The molecule has 2 aromatic carbocycles. The first-order valence-electron chi connectivity index (χ1n) is 6.76. The molecule has 2 aromatic rings. The quantitative estimate of drug-likeness (QED) is 0.828. The van der Waals surface area contributed by atoms with Crippen molar-refractivity contribution in [3.63, 3.8) is 0 Å². The van der Waals surface area contributed by atoms with Gasteiger partial charge in [0.1, 0.15) is 0 Å². The summed E-state index contributed by atoms with van der Waals surface area (Å²) in [6.07, 6.45) is 2.23. The van der Waals surface area contributed by atoms with Gasteiger partial charge in [0.15, 0.2) is 0 Å². The van der Waals surface area contributed by atoms with Crippen LogP contribution in [0.2, 0.25) is 0 Å². The number of rotatable bonds is 5. The van der Waals surface area contributed by atoms with Gasteiger partial charge in [-0.3, -0.25) is 0 Å². The van der Waals surface area contributed by atoms with E-state index in [4.69, 9.17) is 0 Å². The van der Waals surface area contributed by atoms with Gasteiger partial charge >= 0.3 is 0 Å². The van der Waals surface area contributed by atoms with Crippen LogP contribution in [0.15, 0.2) is 66.2 Å². The molecule has 0 heterocycles. The fourth-order valence-corrected chi connectivity index (χ4v) is 2.06. The van der Waals surface area contributed by atoms with E-state index in [1.54, 1.807) is 0 Å². The maximum absolute atomic E-state index is 3.55. The molecule has 1 atom stereocenters. The van der Waals surface area contributed by atoms with Gasteiger partial charge in [-0.05, 0) is 25.0 Å². The number of hydrogen-bond acceptors (Lipinski definition) is 1. The molecule has 0 unspecified atom stereocenters. The Kier molecular flexibility index (Phi) is 4.93. The summed E-state index contributed by atoms with van der Waals surface area (Å²) in [6, 6.07) is 21.4. The smallest absolute Gasteiger partial charge is 0.0294 e. The molecule has 0 fully saturated rings. The van der Waals surface area contributed by atoms with Crippen LogP contribution in [-0.4, -0.2) is 6.54 Å². The van der Waals surface area contributed by atoms with Crippen molar-refractivity contribution in [1.29, 1.82) is 0 Å². The fraction of sp³-hybridized carbons (Fsp3) is 0.222. The van der Waals surface area contributed by atoms with Gasteiger partial charge in [-0.25, -0.2) is 0 Å². The Balaban J connectivity index is 1.90. The fourth-order valence-electron chi connectivity index (χ4n) is 2.06. The molecule has 0 radical (unpaired) electrons. The topological polar surface area (TPSA) is 12.0 Å². The molecule has 0 aliphatic heterocycles. The third kappa shape index (κ3) is 4.38. The molecule has 19 heavy (non-hydrogen) atoms. The third-order valence-corrected chi connectivity index (χ3v) is 3.20. The summed E-state index contributed by atoms with van der Waals surface area (Å²) in [5.41, 5.74) is 3.93. The lowest BCUT2D eigenvalue weighted by Gasteiger charge is -2.14. The van der Waals surface area contributed by atoms with Crippen molar-refractivity contribution in [3.05, 3.63) is 77.4 Å². The van der Waals surface area contributed by atoms with Crippen molar-refractivity contribution in [3.8, 4) is 0 Å². The van der Waals surface area contributed by atoms with Crippen LogP contribution in [0.1, 0.15) is 31.0 Å². The molecule has 0 aliphatic rings. The Morgan fingerprint density at radius 1 is 1.00 bits per heavy atom. The molecule has 1 heteroatoms. The van der Waals surface area contributed by atoms with Crippen molar-refractivity contribution in [2.24, 2.45) is 0 Å². The van der Waals surface area contributed by atoms with Gasteiger partial charge in [0.05, 0.1) is 0 Å². The van der Waals surface area contributed by atoms with Gasteiger partial charge < -0.3 is 5.32 Å². The van der Waals surface area contributed by atoms with Crippen molar-refractivity contribution >= 4 is 6.08 Å². The largest absolute Gasteiger partial charge is 0.306 e. The lowest BCUT2D eigenvalue weighted by Crippen LogP contribution is -2.20. The zero-order valence-electron chi connectivity index (χ0n) is 11.6. The maximum Gasteiger partial charge on any atom is 0.0294 e. The van der Waals surface area contributed by atoms with Crippen LogP contribution in [-0.2, 0) is 0 Å².